The lowest BCUT2D eigenvalue weighted by Crippen LogP contribution is -2.60. The van der Waals surface area contributed by atoms with Crippen LogP contribution in [-0.2, 0) is 24.0 Å². The van der Waals surface area contributed by atoms with Gasteiger partial charge >= 0.3 is 5.97 Å². The van der Waals surface area contributed by atoms with E-state index < -0.39 is 53.8 Å². The first-order valence-electron chi connectivity index (χ1n) is 10.1. The summed E-state index contributed by atoms with van der Waals surface area (Å²) in [5.41, 5.74) is 10.7. The molecule has 12 heteroatoms. The third kappa shape index (κ3) is 10.0. The van der Waals surface area contributed by atoms with E-state index in [0.29, 0.717) is 6.42 Å². The summed E-state index contributed by atoms with van der Waals surface area (Å²) in [4.78, 5) is 60.1. The van der Waals surface area contributed by atoms with Crippen LogP contribution in [0, 0.1) is 11.8 Å². The monoisotopic (exact) mass is 461 g/mol. The van der Waals surface area contributed by atoms with Crippen LogP contribution in [0.5, 0.6) is 0 Å². The fraction of sp³-hybridized carbons (Fsp3) is 0.737. The number of carbonyl (C=O) groups is 5. The van der Waals surface area contributed by atoms with Gasteiger partial charge in [0.25, 0.3) is 0 Å². The standard InChI is InChI=1S/C19H35N5O6S/c1-5-10(4)15(18(28)22-12(19(29)30)6-7-13(21)25)24-17(27)14(9(2)3)23-16(26)11(20)8-31/h9-12,14-15,31H,5-8,20H2,1-4H3,(H2,21,25)(H,22,28)(H,23,26)(H,24,27)(H,29,30). The second-order valence-electron chi connectivity index (χ2n) is 7.80. The van der Waals surface area contributed by atoms with Gasteiger partial charge in [0.1, 0.15) is 18.1 Å². The number of aliphatic carboxylic acids is 1. The van der Waals surface area contributed by atoms with Crippen molar-refractivity contribution in [1.82, 2.24) is 16.0 Å². The fourth-order valence-electron chi connectivity index (χ4n) is 2.63. The molecule has 0 bridgehead atoms. The summed E-state index contributed by atoms with van der Waals surface area (Å²) in [6, 6.07) is -4.24. The average Bonchev–Trinajstić information content (AvgIpc) is 2.70. The number of carbonyl (C=O) groups excluding carboxylic acids is 4. The predicted molar refractivity (Wildman–Crippen MR) is 118 cm³/mol. The van der Waals surface area contributed by atoms with Crippen molar-refractivity contribution in [2.24, 2.45) is 23.3 Å². The SMILES string of the molecule is CCC(C)C(NC(=O)C(NC(=O)C(N)CS)C(C)C)C(=O)NC(CCC(N)=O)C(=O)O. The maximum atomic E-state index is 12.9. The van der Waals surface area contributed by atoms with Gasteiger partial charge in [-0.25, -0.2) is 4.79 Å². The first kappa shape index (κ1) is 28.7. The third-order valence-electron chi connectivity index (χ3n) is 4.87. The number of nitrogens with one attached hydrogen (secondary N) is 3. The number of primary amides is 1. The zero-order valence-electron chi connectivity index (χ0n) is 18.4. The Balaban J connectivity index is 5.46. The molecule has 0 aromatic carbocycles. The van der Waals surface area contributed by atoms with Crippen LogP contribution in [0.1, 0.15) is 47.0 Å². The number of rotatable bonds is 14. The summed E-state index contributed by atoms with van der Waals surface area (Å²) in [5.74, 6) is -4.42. The molecule has 0 saturated carbocycles. The molecule has 0 aromatic heterocycles. The molecule has 8 N–H and O–H groups in total. The molecule has 4 amide bonds. The third-order valence-corrected chi connectivity index (χ3v) is 5.26. The molecule has 0 fully saturated rings. The summed E-state index contributed by atoms with van der Waals surface area (Å²) in [6.07, 6.45) is 0.120. The number of nitrogens with two attached hydrogens (primary N) is 2. The van der Waals surface area contributed by atoms with Gasteiger partial charge in [-0.15, -0.1) is 0 Å². The minimum Gasteiger partial charge on any atom is -0.480 e. The van der Waals surface area contributed by atoms with Gasteiger partial charge in [-0.2, -0.15) is 12.6 Å². The van der Waals surface area contributed by atoms with Crippen molar-refractivity contribution in [3.8, 4) is 0 Å². The topological polar surface area (TPSA) is 194 Å². The van der Waals surface area contributed by atoms with Crippen LogP contribution in [-0.4, -0.2) is 64.6 Å². The lowest BCUT2D eigenvalue weighted by molar-refractivity contribution is -0.143. The van der Waals surface area contributed by atoms with Crippen LogP contribution in [0.2, 0.25) is 0 Å². The van der Waals surface area contributed by atoms with Gasteiger partial charge in [-0.05, 0) is 18.3 Å². The van der Waals surface area contributed by atoms with E-state index >= 15 is 0 Å². The molecular weight excluding hydrogens is 426 g/mol. The highest BCUT2D eigenvalue weighted by molar-refractivity contribution is 7.80. The summed E-state index contributed by atoms with van der Waals surface area (Å²) in [6.45, 7) is 6.98. The Kier molecular flexibility index (Phi) is 12.8. The van der Waals surface area contributed by atoms with Gasteiger partial charge in [0.2, 0.25) is 23.6 Å². The van der Waals surface area contributed by atoms with E-state index in [1.807, 2.05) is 6.92 Å². The van der Waals surface area contributed by atoms with E-state index in [1.54, 1.807) is 20.8 Å². The number of hydrogen-bond donors (Lipinski definition) is 7. The number of thiol groups is 1. The molecule has 0 saturated heterocycles. The van der Waals surface area contributed by atoms with Gasteiger partial charge < -0.3 is 32.5 Å². The predicted octanol–water partition coefficient (Wildman–Crippen LogP) is -1.25. The molecule has 0 aliphatic carbocycles. The van der Waals surface area contributed by atoms with Crippen molar-refractivity contribution in [3.63, 3.8) is 0 Å². The van der Waals surface area contributed by atoms with Gasteiger partial charge in [-0.3, -0.25) is 19.2 Å². The molecular formula is C19H35N5O6S. The number of amides is 4. The summed E-state index contributed by atoms with van der Waals surface area (Å²) >= 11 is 3.96. The molecule has 0 radical (unpaired) electrons. The Labute approximate surface area is 187 Å². The molecule has 0 aliphatic rings. The highest BCUT2D eigenvalue weighted by Gasteiger charge is 2.33. The van der Waals surface area contributed by atoms with Crippen LogP contribution in [0.15, 0.2) is 0 Å². The van der Waals surface area contributed by atoms with E-state index in [9.17, 15) is 29.1 Å². The van der Waals surface area contributed by atoms with Crippen LogP contribution in [0.4, 0.5) is 0 Å². The minimum absolute atomic E-state index is 0.0953. The van der Waals surface area contributed by atoms with Crippen LogP contribution >= 0.6 is 12.6 Å². The molecule has 11 nitrogen and oxygen atoms in total. The molecule has 0 heterocycles. The quantitative estimate of drug-likeness (QED) is 0.157. The number of carboxylic acids is 1. The Morgan fingerprint density at radius 3 is 1.87 bits per heavy atom. The van der Waals surface area contributed by atoms with Crippen molar-refractivity contribution in [3.05, 3.63) is 0 Å². The summed E-state index contributed by atoms with van der Waals surface area (Å²) in [7, 11) is 0. The minimum atomic E-state index is -1.34. The highest BCUT2D eigenvalue weighted by Crippen LogP contribution is 2.11. The van der Waals surface area contributed by atoms with Gasteiger partial charge in [0, 0.05) is 12.2 Å². The van der Waals surface area contributed by atoms with Crippen molar-refractivity contribution >= 4 is 42.2 Å². The van der Waals surface area contributed by atoms with Gasteiger partial charge in [0.15, 0.2) is 0 Å². The lowest BCUT2D eigenvalue weighted by Gasteiger charge is -2.29. The Morgan fingerprint density at radius 2 is 1.45 bits per heavy atom. The van der Waals surface area contributed by atoms with E-state index in [-0.39, 0.29) is 30.4 Å². The van der Waals surface area contributed by atoms with E-state index in [4.69, 9.17) is 11.5 Å². The maximum Gasteiger partial charge on any atom is 0.326 e. The van der Waals surface area contributed by atoms with E-state index in [0.717, 1.165) is 0 Å². The molecule has 5 unspecified atom stereocenters. The number of hydrogen-bond acceptors (Lipinski definition) is 7. The van der Waals surface area contributed by atoms with Crippen molar-refractivity contribution < 1.29 is 29.1 Å². The molecule has 5 atom stereocenters. The Bertz CT molecular complexity index is 660. The molecule has 0 aromatic rings. The smallest absolute Gasteiger partial charge is 0.326 e. The Morgan fingerprint density at radius 1 is 0.935 bits per heavy atom. The average molecular weight is 462 g/mol. The van der Waals surface area contributed by atoms with E-state index in [1.165, 1.54) is 0 Å². The molecule has 0 spiro atoms. The highest BCUT2D eigenvalue weighted by atomic mass is 32.1. The normalized spacial score (nSPS) is 15.8. The van der Waals surface area contributed by atoms with Crippen LogP contribution in [0.25, 0.3) is 0 Å². The first-order chi connectivity index (χ1) is 14.3. The molecule has 31 heavy (non-hydrogen) atoms. The lowest BCUT2D eigenvalue weighted by atomic mass is 9.96. The van der Waals surface area contributed by atoms with Gasteiger partial charge in [0.05, 0.1) is 6.04 Å². The molecule has 0 rings (SSSR count). The Hall–Kier alpha value is -2.34. The maximum absolute atomic E-state index is 12.9. The van der Waals surface area contributed by atoms with Crippen molar-refractivity contribution in [2.45, 2.75) is 71.1 Å². The van der Waals surface area contributed by atoms with E-state index in [2.05, 4.69) is 28.6 Å². The van der Waals surface area contributed by atoms with Crippen LogP contribution in [0.3, 0.4) is 0 Å². The fourth-order valence-corrected chi connectivity index (χ4v) is 2.79. The zero-order chi connectivity index (χ0) is 24.3. The second kappa shape index (κ2) is 13.9. The van der Waals surface area contributed by atoms with Crippen molar-refractivity contribution in [2.75, 3.05) is 5.75 Å². The zero-order valence-corrected chi connectivity index (χ0v) is 19.3. The molecule has 178 valence electrons. The van der Waals surface area contributed by atoms with Gasteiger partial charge in [-0.1, -0.05) is 34.1 Å². The first-order valence-corrected chi connectivity index (χ1v) is 10.8. The largest absolute Gasteiger partial charge is 0.480 e. The number of carboxylic acid groups (broad SMARTS) is 1. The molecule has 0 aliphatic heterocycles. The van der Waals surface area contributed by atoms with Crippen molar-refractivity contribution in [1.29, 1.82) is 0 Å². The van der Waals surface area contributed by atoms with Crippen LogP contribution < -0.4 is 27.4 Å². The summed E-state index contributed by atoms with van der Waals surface area (Å²) < 4.78 is 0. The second-order valence-corrected chi connectivity index (χ2v) is 8.16. The summed E-state index contributed by atoms with van der Waals surface area (Å²) in [5, 5.41) is 16.8.